The summed E-state index contributed by atoms with van der Waals surface area (Å²) in [5.74, 6) is -0.500. The zero-order valence-electron chi connectivity index (χ0n) is 17.1. The van der Waals surface area contributed by atoms with Crippen LogP contribution in [-0.4, -0.2) is 55.2 Å². The number of hydrogen-bond acceptors (Lipinski definition) is 5. The summed E-state index contributed by atoms with van der Waals surface area (Å²) in [6.45, 7) is 2.41. The number of methoxy groups -OCH3 is 1. The molecule has 0 aliphatic carbocycles. The number of piperazine rings is 1. The van der Waals surface area contributed by atoms with Gasteiger partial charge in [-0.1, -0.05) is 41.9 Å². The summed E-state index contributed by atoms with van der Waals surface area (Å²) in [5.41, 5.74) is 2.59. The first-order chi connectivity index (χ1) is 15.1. The first kappa shape index (κ1) is 20.9. The van der Waals surface area contributed by atoms with E-state index in [0.717, 1.165) is 16.6 Å². The summed E-state index contributed by atoms with van der Waals surface area (Å²) in [7, 11) is 1.31. The van der Waals surface area contributed by atoms with Crippen LogP contribution in [0.25, 0.3) is 10.9 Å². The van der Waals surface area contributed by atoms with Crippen molar-refractivity contribution in [1.82, 2.24) is 15.2 Å². The zero-order chi connectivity index (χ0) is 21.8. The maximum atomic E-state index is 12.9. The predicted octanol–water partition coefficient (Wildman–Crippen LogP) is 3.63. The Hall–Kier alpha value is -3.32. The molecule has 1 fully saturated rings. The molecule has 0 spiro atoms. The number of anilines is 1. The quantitative estimate of drug-likeness (QED) is 0.629. The largest absolute Gasteiger partial charge is 0.467 e. The van der Waals surface area contributed by atoms with Crippen LogP contribution in [-0.2, 0) is 9.53 Å². The molecule has 1 aliphatic heterocycles. The van der Waals surface area contributed by atoms with Crippen molar-refractivity contribution in [3.8, 4) is 0 Å². The first-order valence-electron chi connectivity index (χ1n) is 10.0. The molecule has 1 atom stereocenters. The van der Waals surface area contributed by atoms with Crippen LogP contribution in [0.1, 0.15) is 11.6 Å². The van der Waals surface area contributed by atoms with Crippen LogP contribution in [0.5, 0.6) is 0 Å². The summed E-state index contributed by atoms with van der Waals surface area (Å²) in [4.78, 5) is 33.4. The average molecular weight is 439 g/mol. The van der Waals surface area contributed by atoms with Gasteiger partial charge in [-0.2, -0.15) is 0 Å². The Bertz CT molecular complexity index is 1080. The van der Waals surface area contributed by atoms with E-state index in [2.05, 4.69) is 15.2 Å². The van der Waals surface area contributed by atoms with Gasteiger partial charge in [0.25, 0.3) is 0 Å². The van der Waals surface area contributed by atoms with Gasteiger partial charge in [-0.25, -0.2) is 9.59 Å². The number of aromatic nitrogens is 1. The Kier molecular flexibility index (Phi) is 6.23. The molecule has 2 aromatic carbocycles. The highest BCUT2D eigenvalue weighted by molar-refractivity contribution is 6.31. The van der Waals surface area contributed by atoms with Gasteiger partial charge in [0.15, 0.2) is 6.04 Å². The molecular weight excluding hydrogens is 416 g/mol. The van der Waals surface area contributed by atoms with E-state index in [1.807, 2.05) is 42.5 Å². The van der Waals surface area contributed by atoms with E-state index < -0.39 is 12.0 Å². The van der Waals surface area contributed by atoms with Gasteiger partial charge in [0.05, 0.1) is 12.6 Å². The number of urea groups is 1. The summed E-state index contributed by atoms with van der Waals surface area (Å²) >= 11 is 6.09. The van der Waals surface area contributed by atoms with Crippen molar-refractivity contribution in [2.75, 3.05) is 38.2 Å². The highest BCUT2D eigenvalue weighted by Gasteiger charge is 2.28. The molecular formula is C23H23ClN4O3. The van der Waals surface area contributed by atoms with Crippen molar-refractivity contribution in [3.05, 3.63) is 71.4 Å². The van der Waals surface area contributed by atoms with E-state index in [9.17, 15) is 9.59 Å². The maximum Gasteiger partial charge on any atom is 0.333 e. The van der Waals surface area contributed by atoms with Crippen LogP contribution < -0.4 is 10.2 Å². The maximum absolute atomic E-state index is 12.9. The van der Waals surface area contributed by atoms with Gasteiger partial charge in [0.1, 0.15) is 0 Å². The molecule has 2 heterocycles. The van der Waals surface area contributed by atoms with E-state index in [0.29, 0.717) is 36.8 Å². The Morgan fingerprint density at radius 2 is 1.81 bits per heavy atom. The lowest BCUT2D eigenvalue weighted by Gasteiger charge is -2.37. The molecule has 1 saturated heterocycles. The third kappa shape index (κ3) is 4.56. The molecule has 31 heavy (non-hydrogen) atoms. The predicted molar refractivity (Wildman–Crippen MR) is 120 cm³/mol. The van der Waals surface area contributed by atoms with Crippen LogP contribution in [0.15, 0.2) is 60.8 Å². The molecule has 1 unspecified atom stereocenters. The van der Waals surface area contributed by atoms with Crippen molar-refractivity contribution in [2.45, 2.75) is 6.04 Å². The van der Waals surface area contributed by atoms with Crippen LogP contribution in [0.3, 0.4) is 0 Å². The van der Waals surface area contributed by atoms with Gasteiger partial charge < -0.3 is 19.9 Å². The van der Waals surface area contributed by atoms with Crippen molar-refractivity contribution in [3.63, 3.8) is 0 Å². The van der Waals surface area contributed by atoms with Crippen molar-refractivity contribution in [2.24, 2.45) is 0 Å². The fraction of sp³-hybridized carbons (Fsp3) is 0.261. The Morgan fingerprint density at radius 3 is 2.52 bits per heavy atom. The second-order valence-corrected chi connectivity index (χ2v) is 7.72. The van der Waals surface area contributed by atoms with Crippen molar-refractivity contribution >= 4 is 40.2 Å². The van der Waals surface area contributed by atoms with E-state index in [-0.39, 0.29) is 6.03 Å². The molecule has 2 amide bonds. The minimum absolute atomic E-state index is 0.287. The highest BCUT2D eigenvalue weighted by atomic mass is 35.5. The van der Waals surface area contributed by atoms with Gasteiger partial charge in [-0.3, -0.25) is 4.98 Å². The summed E-state index contributed by atoms with van der Waals surface area (Å²) < 4.78 is 4.88. The van der Waals surface area contributed by atoms with Crippen molar-refractivity contribution < 1.29 is 14.3 Å². The molecule has 3 aromatic rings. The molecule has 0 saturated carbocycles. The number of rotatable bonds is 4. The number of fused-ring (bicyclic) bond motifs is 1. The molecule has 8 heteroatoms. The Morgan fingerprint density at radius 1 is 1.06 bits per heavy atom. The monoisotopic (exact) mass is 438 g/mol. The number of nitrogens with zero attached hydrogens (tertiary/aromatic N) is 3. The summed E-state index contributed by atoms with van der Waals surface area (Å²) in [5, 5.41) is 4.49. The van der Waals surface area contributed by atoms with E-state index >= 15 is 0 Å². The van der Waals surface area contributed by atoms with E-state index in [4.69, 9.17) is 16.3 Å². The SMILES string of the molecule is COC(=O)C(NC(=O)N1CCN(c2ccnc3cc(Cl)ccc23)CC1)c1ccccc1. The second-order valence-electron chi connectivity index (χ2n) is 7.28. The number of esters is 1. The lowest BCUT2D eigenvalue weighted by Crippen LogP contribution is -2.53. The fourth-order valence-corrected chi connectivity index (χ4v) is 3.96. The number of benzene rings is 2. The third-order valence-electron chi connectivity index (χ3n) is 5.43. The van der Waals surface area contributed by atoms with Gasteiger partial charge in [0, 0.05) is 48.5 Å². The number of nitrogens with one attached hydrogen (secondary N) is 1. The Labute approximate surface area is 185 Å². The van der Waals surface area contributed by atoms with Crippen LogP contribution >= 0.6 is 11.6 Å². The smallest absolute Gasteiger partial charge is 0.333 e. The Balaban J connectivity index is 1.44. The molecule has 1 aliphatic rings. The topological polar surface area (TPSA) is 74.8 Å². The van der Waals surface area contributed by atoms with Gasteiger partial charge in [-0.15, -0.1) is 0 Å². The van der Waals surface area contributed by atoms with Gasteiger partial charge >= 0.3 is 12.0 Å². The minimum Gasteiger partial charge on any atom is -0.467 e. The van der Waals surface area contributed by atoms with Crippen molar-refractivity contribution in [1.29, 1.82) is 0 Å². The zero-order valence-corrected chi connectivity index (χ0v) is 17.9. The van der Waals surface area contributed by atoms with Gasteiger partial charge in [-0.05, 0) is 29.8 Å². The van der Waals surface area contributed by atoms with Crippen LogP contribution in [0, 0.1) is 0 Å². The molecule has 160 valence electrons. The van der Waals surface area contributed by atoms with Gasteiger partial charge in [0.2, 0.25) is 0 Å². The number of ether oxygens (including phenoxy) is 1. The molecule has 4 rings (SSSR count). The number of amides is 2. The number of carbonyl (C=O) groups excluding carboxylic acids is 2. The minimum atomic E-state index is -0.842. The third-order valence-corrected chi connectivity index (χ3v) is 5.66. The number of carbonyl (C=O) groups is 2. The fourth-order valence-electron chi connectivity index (χ4n) is 3.79. The number of hydrogen-bond donors (Lipinski definition) is 1. The van der Waals surface area contributed by atoms with E-state index in [1.165, 1.54) is 7.11 Å². The normalized spacial score (nSPS) is 14.9. The van der Waals surface area contributed by atoms with E-state index in [1.54, 1.807) is 23.2 Å². The van der Waals surface area contributed by atoms with Crippen LogP contribution in [0.2, 0.25) is 5.02 Å². The molecule has 0 radical (unpaired) electrons. The molecule has 1 N–H and O–H groups in total. The standard InChI is InChI=1S/C23H23ClN4O3/c1-31-22(29)21(16-5-3-2-4-6-16)26-23(30)28-13-11-27(12-14-28)20-9-10-25-19-15-17(24)7-8-18(19)20/h2-10,15,21H,11-14H2,1H3,(H,26,30). The lowest BCUT2D eigenvalue weighted by atomic mass is 10.1. The lowest BCUT2D eigenvalue weighted by molar-refractivity contribution is -0.143. The number of pyridine rings is 1. The number of halogens is 1. The average Bonchev–Trinajstić information content (AvgIpc) is 2.82. The first-order valence-corrected chi connectivity index (χ1v) is 10.4. The summed E-state index contributed by atoms with van der Waals surface area (Å²) in [6, 6.07) is 15.6. The molecule has 0 bridgehead atoms. The second kappa shape index (κ2) is 9.22. The highest BCUT2D eigenvalue weighted by Crippen LogP contribution is 2.28. The summed E-state index contributed by atoms with van der Waals surface area (Å²) in [6.07, 6.45) is 1.77. The van der Waals surface area contributed by atoms with Crippen LogP contribution in [0.4, 0.5) is 10.5 Å². The molecule has 7 nitrogen and oxygen atoms in total. The molecule has 1 aromatic heterocycles.